The van der Waals surface area contributed by atoms with Gasteiger partial charge in [-0.15, -0.1) is 6.58 Å². The molecule has 0 radical (unpaired) electrons. The third kappa shape index (κ3) is 7.83. The molecule has 2 saturated carbocycles. The molecule has 2 aliphatic rings. The van der Waals surface area contributed by atoms with Crippen molar-refractivity contribution >= 4 is 8.07 Å². The molecule has 2 rings (SSSR count). The second-order valence-electron chi connectivity index (χ2n) is 9.73. The van der Waals surface area contributed by atoms with Crippen LogP contribution in [0.25, 0.3) is 0 Å². The summed E-state index contributed by atoms with van der Waals surface area (Å²) in [6.07, 6.45) is 12.2. The summed E-state index contributed by atoms with van der Waals surface area (Å²) in [5.41, 5.74) is 2.15. The third-order valence-corrected chi connectivity index (χ3v) is 13.7. The quantitative estimate of drug-likeness (QED) is 0.146. The van der Waals surface area contributed by atoms with Crippen molar-refractivity contribution in [1.82, 2.24) is 0 Å². The molecule has 0 N–H and O–H groups in total. The molecule has 28 heavy (non-hydrogen) atoms. The van der Waals surface area contributed by atoms with Crippen molar-refractivity contribution in [3.05, 3.63) is 42.4 Å². The fourth-order valence-electron chi connectivity index (χ4n) is 6.45. The van der Waals surface area contributed by atoms with Crippen molar-refractivity contribution in [2.75, 3.05) is 0 Å². The Bertz CT molecular complexity index is 378. The zero-order valence-corrected chi connectivity index (χ0v) is 24.7. The zero-order chi connectivity index (χ0) is 17.2. The van der Waals surface area contributed by atoms with Crippen molar-refractivity contribution in [3.8, 4) is 0 Å². The van der Waals surface area contributed by atoms with Crippen LogP contribution < -0.4 is 0 Å². The van der Waals surface area contributed by atoms with E-state index >= 15 is 0 Å². The minimum Gasteiger partial charge on any atom is -0.358 e. The first kappa shape index (κ1) is 36.2. The van der Waals surface area contributed by atoms with Crippen molar-refractivity contribution in [2.24, 2.45) is 29.6 Å². The normalized spacial score (nSPS) is 34.0. The van der Waals surface area contributed by atoms with Gasteiger partial charge in [-0.2, -0.15) is 0 Å². The molecular formula is C26H54SiZr. The van der Waals surface area contributed by atoms with Gasteiger partial charge in [-0.25, -0.2) is 0 Å². The average Bonchev–Trinajstić information content (AvgIpc) is 3.05. The monoisotopic (exact) mass is 484 g/mol. The molecule has 0 aromatic rings. The van der Waals surface area contributed by atoms with Gasteiger partial charge in [0.2, 0.25) is 0 Å². The van der Waals surface area contributed by atoms with E-state index in [-0.39, 0.29) is 55.9 Å². The Labute approximate surface area is 202 Å². The van der Waals surface area contributed by atoms with Gasteiger partial charge in [-0.3, -0.25) is 0 Å². The van der Waals surface area contributed by atoms with E-state index in [4.69, 9.17) is 0 Å². The topological polar surface area (TPSA) is 0 Å². The fourth-order valence-corrected chi connectivity index (χ4v) is 12.2. The molecule has 6 atom stereocenters. The van der Waals surface area contributed by atoms with Crippen molar-refractivity contribution in [1.29, 1.82) is 0 Å². The predicted molar refractivity (Wildman–Crippen MR) is 133 cm³/mol. The SMILES string of the molecule is C=CCCCCC1CCC([Si](C)(C)C2C(C)C(C)C(C)C2C)C1.[CH3-].[CH3-].[CH3-].[CH3-].[Zr+4]. The number of hydrogen-bond acceptors (Lipinski definition) is 0. The van der Waals surface area contributed by atoms with E-state index in [9.17, 15) is 0 Å². The fraction of sp³-hybridized carbons (Fsp3) is 0.769. The van der Waals surface area contributed by atoms with Crippen LogP contribution in [0.15, 0.2) is 12.7 Å². The van der Waals surface area contributed by atoms with Crippen molar-refractivity contribution < 1.29 is 26.2 Å². The van der Waals surface area contributed by atoms with E-state index in [1.165, 1.54) is 32.1 Å². The smallest absolute Gasteiger partial charge is 0.358 e. The van der Waals surface area contributed by atoms with Gasteiger partial charge in [-0.1, -0.05) is 72.5 Å². The summed E-state index contributed by atoms with van der Waals surface area (Å²) in [6, 6.07) is 0. The summed E-state index contributed by atoms with van der Waals surface area (Å²) < 4.78 is 0. The molecule has 166 valence electrons. The molecule has 0 aliphatic heterocycles. The van der Waals surface area contributed by atoms with Gasteiger partial charge in [-0.05, 0) is 59.9 Å². The van der Waals surface area contributed by atoms with E-state index in [0.717, 1.165) is 40.7 Å². The van der Waals surface area contributed by atoms with E-state index in [1.807, 2.05) is 0 Å². The van der Waals surface area contributed by atoms with Crippen LogP contribution in [0.5, 0.6) is 0 Å². The summed E-state index contributed by atoms with van der Waals surface area (Å²) in [6.45, 7) is 19.5. The minimum atomic E-state index is -1.16. The van der Waals surface area contributed by atoms with Crippen LogP contribution in [0, 0.1) is 59.3 Å². The summed E-state index contributed by atoms with van der Waals surface area (Å²) in [5.74, 6) is 4.80. The predicted octanol–water partition coefficient (Wildman–Crippen LogP) is 9.34. The Morgan fingerprint density at radius 3 is 1.79 bits per heavy atom. The first-order valence-electron chi connectivity index (χ1n) is 10.4. The molecular weight excluding hydrogens is 432 g/mol. The van der Waals surface area contributed by atoms with Crippen LogP contribution in [0.2, 0.25) is 24.2 Å². The van der Waals surface area contributed by atoms with Crippen LogP contribution >= 0.6 is 0 Å². The maximum absolute atomic E-state index is 3.85. The van der Waals surface area contributed by atoms with Gasteiger partial charge in [0, 0.05) is 0 Å². The van der Waals surface area contributed by atoms with Gasteiger partial charge < -0.3 is 29.7 Å². The van der Waals surface area contributed by atoms with E-state index in [2.05, 4.69) is 53.4 Å². The molecule has 0 saturated heterocycles. The molecule has 0 bridgehead atoms. The van der Waals surface area contributed by atoms with Crippen molar-refractivity contribution in [3.63, 3.8) is 0 Å². The van der Waals surface area contributed by atoms with Gasteiger partial charge in [0.1, 0.15) is 0 Å². The Morgan fingerprint density at radius 1 is 0.821 bits per heavy atom. The molecule has 6 unspecified atom stereocenters. The number of hydrogen-bond donors (Lipinski definition) is 0. The van der Waals surface area contributed by atoms with E-state index in [0.29, 0.717) is 0 Å². The van der Waals surface area contributed by atoms with Gasteiger partial charge in [0.05, 0.1) is 8.07 Å². The maximum Gasteiger partial charge on any atom is 4.00 e. The first-order valence-corrected chi connectivity index (χ1v) is 13.6. The first-order chi connectivity index (χ1) is 10.8. The maximum atomic E-state index is 3.85. The third-order valence-electron chi connectivity index (χ3n) is 8.34. The number of allylic oxidation sites excluding steroid dienone is 1. The largest absolute Gasteiger partial charge is 4.00 e. The second-order valence-corrected chi connectivity index (χ2v) is 14.9. The molecule has 2 aliphatic carbocycles. The summed E-state index contributed by atoms with van der Waals surface area (Å²) in [5, 5.41) is 0. The Hall–Kier alpha value is 0.840. The number of rotatable bonds is 7. The van der Waals surface area contributed by atoms with Crippen molar-refractivity contribution in [2.45, 2.75) is 96.8 Å². The minimum absolute atomic E-state index is 0. The van der Waals surface area contributed by atoms with Crippen LogP contribution in [-0.2, 0) is 26.2 Å². The van der Waals surface area contributed by atoms with Gasteiger partial charge in [0.25, 0.3) is 0 Å². The molecule has 0 heterocycles. The molecule has 0 nitrogen and oxygen atoms in total. The van der Waals surface area contributed by atoms with Crippen LogP contribution in [0.1, 0.15) is 72.6 Å². The molecule has 2 fully saturated rings. The average molecular weight is 486 g/mol. The second kappa shape index (κ2) is 15.6. The van der Waals surface area contributed by atoms with E-state index in [1.54, 1.807) is 12.8 Å². The molecule has 2 heteroatoms. The molecule has 0 spiro atoms. The van der Waals surface area contributed by atoms with Crippen LogP contribution in [0.4, 0.5) is 0 Å². The molecule has 0 aromatic heterocycles. The van der Waals surface area contributed by atoms with E-state index < -0.39 is 8.07 Å². The number of unbranched alkanes of at least 4 members (excludes halogenated alkanes) is 2. The Kier molecular flexibility index (Phi) is 20.2. The molecule has 0 amide bonds. The molecule has 0 aromatic carbocycles. The summed E-state index contributed by atoms with van der Waals surface area (Å²) >= 11 is 0. The van der Waals surface area contributed by atoms with Gasteiger partial charge in [0.15, 0.2) is 0 Å². The summed E-state index contributed by atoms with van der Waals surface area (Å²) in [4.78, 5) is 0. The Balaban J connectivity index is -0.000000576. The van der Waals surface area contributed by atoms with Crippen LogP contribution in [0.3, 0.4) is 0 Å². The van der Waals surface area contributed by atoms with Crippen LogP contribution in [-0.4, -0.2) is 8.07 Å². The Morgan fingerprint density at radius 2 is 1.32 bits per heavy atom. The van der Waals surface area contributed by atoms with Gasteiger partial charge >= 0.3 is 26.2 Å². The summed E-state index contributed by atoms with van der Waals surface area (Å²) in [7, 11) is -1.16. The standard InChI is InChI=1S/C22H42Si.4CH3.Zr/c1-8-9-10-11-12-20-13-14-21(15-20)23(6,7)22-18(4)16(2)17(3)19(22)5;;;;;/h8,16-22H,1,9-15H2,2-7H3;4*1H3;/q;4*-1;+4. The zero-order valence-electron chi connectivity index (χ0n) is 21.3.